The van der Waals surface area contributed by atoms with Gasteiger partial charge in [0, 0.05) is 37.4 Å². The van der Waals surface area contributed by atoms with E-state index in [2.05, 4.69) is 54.5 Å². The van der Waals surface area contributed by atoms with Gasteiger partial charge in [-0.25, -0.2) is 0 Å². The second-order valence-electron chi connectivity index (χ2n) is 6.60. The summed E-state index contributed by atoms with van der Waals surface area (Å²) in [4.78, 5) is 14.6. The number of amides is 1. The maximum absolute atomic E-state index is 12.3. The maximum Gasteiger partial charge on any atom is 0.226 e. The van der Waals surface area contributed by atoms with Crippen LogP contribution >= 0.6 is 0 Å². The van der Waals surface area contributed by atoms with Crippen LogP contribution in [0.4, 0.5) is 17.1 Å². The first kappa shape index (κ1) is 20.6. The lowest BCUT2D eigenvalue weighted by Gasteiger charge is -2.22. The van der Waals surface area contributed by atoms with Crippen LogP contribution in [-0.2, 0) is 4.79 Å². The quantitative estimate of drug-likeness (QED) is 0.678. The standard InChI is InChI=1S/C22H31N3O2/c1-6-25(7-2)18-9-10-19(17(4)15-18)23-13-12-22(26)24-20-14-16(3)8-11-21(20)27-5/h8-11,14-15,23H,6-7,12-13H2,1-5H3,(H,24,26). The van der Waals surface area contributed by atoms with E-state index in [0.29, 0.717) is 24.4 Å². The van der Waals surface area contributed by atoms with Gasteiger partial charge in [0.25, 0.3) is 0 Å². The van der Waals surface area contributed by atoms with E-state index in [1.165, 1.54) is 11.3 Å². The number of rotatable bonds is 9. The van der Waals surface area contributed by atoms with Crippen molar-refractivity contribution in [2.75, 3.05) is 42.3 Å². The number of hydrogen-bond donors (Lipinski definition) is 2. The second-order valence-corrected chi connectivity index (χ2v) is 6.60. The number of carbonyl (C=O) groups excluding carboxylic acids is 1. The van der Waals surface area contributed by atoms with Crippen LogP contribution in [0.25, 0.3) is 0 Å². The predicted molar refractivity (Wildman–Crippen MR) is 114 cm³/mol. The Morgan fingerprint density at radius 2 is 1.78 bits per heavy atom. The molecule has 0 radical (unpaired) electrons. The Bertz CT molecular complexity index is 770. The van der Waals surface area contributed by atoms with Crippen LogP contribution in [0.15, 0.2) is 36.4 Å². The van der Waals surface area contributed by atoms with Gasteiger partial charge in [-0.3, -0.25) is 4.79 Å². The van der Waals surface area contributed by atoms with Gasteiger partial charge in [0.2, 0.25) is 5.91 Å². The first-order valence-electron chi connectivity index (χ1n) is 9.52. The van der Waals surface area contributed by atoms with Crippen LogP contribution in [0.2, 0.25) is 0 Å². The van der Waals surface area contributed by atoms with Crippen LogP contribution in [-0.4, -0.2) is 32.7 Å². The minimum atomic E-state index is -0.0381. The zero-order valence-corrected chi connectivity index (χ0v) is 17.1. The largest absolute Gasteiger partial charge is 0.495 e. The molecule has 0 saturated heterocycles. The molecule has 5 heteroatoms. The topological polar surface area (TPSA) is 53.6 Å². The van der Waals surface area contributed by atoms with E-state index >= 15 is 0 Å². The van der Waals surface area contributed by atoms with E-state index < -0.39 is 0 Å². The number of benzene rings is 2. The van der Waals surface area contributed by atoms with Crippen LogP contribution in [0.1, 0.15) is 31.4 Å². The van der Waals surface area contributed by atoms with Crippen molar-refractivity contribution < 1.29 is 9.53 Å². The van der Waals surface area contributed by atoms with Crippen LogP contribution in [0.5, 0.6) is 5.75 Å². The Morgan fingerprint density at radius 1 is 1.04 bits per heavy atom. The average molecular weight is 370 g/mol. The molecule has 1 amide bonds. The molecule has 0 aromatic heterocycles. The van der Waals surface area contributed by atoms with Crippen molar-refractivity contribution >= 4 is 23.0 Å². The summed E-state index contributed by atoms with van der Waals surface area (Å²) in [5, 5.41) is 6.29. The monoisotopic (exact) mass is 369 g/mol. The Balaban J connectivity index is 1.91. The number of nitrogens with zero attached hydrogens (tertiary/aromatic N) is 1. The molecule has 2 N–H and O–H groups in total. The number of nitrogens with one attached hydrogen (secondary N) is 2. The third-order valence-corrected chi connectivity index (χ3v) is 4.64. The summed E-state index contributed by atoms with van der Waals surface area (Å²) in [5.74, 6) is 0.633. The smallest absolute Gasteiger partial charge is 0.226 e. The number of hydrogen-bond acceptors (Lipinski definition) is 4. The van der Waals surface area contributed by atoms with Gasteiger partial charge in [0.15, 0.2) is 0 Å². The number of methoxy groups -OCH3 is 1. The van der Waals surface area contributed by atoms with Crippen molar-refractivity contribution in [3.8, 4) is 5.75 Å². The first-order valence-corrected chi connectivity index (χ1v) is 9.52. The third-order valence-electron chi connectivity index (χ3n) is 4.64. The van der Waals surface area contributed by atoms with E-state index in [1.807, 2.05) is 25.1 Å². The van der Waals surface area contributed by atoms with Gasteiger partial charge < -0.3 is 20.3 Å². The third kappa shape index (κ3) is 5.64. The van der Waals surface area contributed by atoms with Crippen molar-refractivity contribution in [1.29, 1.82) is 0 Å². The normalized spacial score (nSPS) is 10.4. The van der Waals surface area contributed by atoms with Crippen molar-refractivity contribution in [3.63, 3.8) is 0 Å². The Labute approximate surface area is 162 Å². The predicted octanol–water partition coefficient (Wildman–Crippen LogP) is 4.60. The molecule has 0 saturated carbocycles. The number of carbonyl (C=O) groups is 1. The number of ether oxygens (including phenoxy) is 1. The fraction of sp³-hybridized carbons (Fsp3) is 0.409. The summed E-state index contributed by atoms with van der Waals surface area (Å²) in [6.07, 6.45) is 0.383. The highest BCUT2D eigenvalue weighted by Gasteiger charge is 2.09. The molecule has 2 aromatic carbocycles. The summed E-state index contributed by atoms with van der Waals surface area (Å²) in [6, 6.07) is 12.1. The van der Waals surface area contributed by atoms with E-state index in [1.54, 1.807) is 7.11 Å². The molecule has 2 aromatic rings. The van der Waals surface area contributed by atoms with Gasteiger partial charge in [-0.2, -0.15) is 0 Å². The summed E-state index contributed by atoms with van der Waals surface area (Å²) >= 11 is 0. The molecule has 0 spiro atoms. The molecule has 0 aliphatic rings. The Morgan fingerprint density at radius 3 is 2.41 bits per heavy atom. The van der Waals surface area contributed by atoms with Crippen molar-refractivity contribution in [3.05, 3.63) is 47.5 Å². The van der Waals surface area contributed by atoms with Crippen LogP contribution < -0.4 is 20.3 Å². The van der Waals surface area contributed by atoms with Gasteiger partial charge >= 0.3 is 0 Å². The molecule has 0 atom stereocenters. The van der Waals surface area contributed by atoms with Gasteiger partial charge in [-0.05, 0) is 69.2 Å². The van der Waals surface area contributed by atoms with Gasteiger partial charge in [-0.15, -0.1) is 0 Å². The summed E-state index contributed by atoms with van der Waals surface area (Å²) in [5.41, 5.74) is 5.26. The lowest BCUT2D eigenvalue weighted by Crippen LogP contribution is -2.22. The minimum absolute atomic E-state index is 0.0381. The van der Waals surface area contributed by atoms with Gasteiger partial charge in [0.1, 0.15) is 5.75 Å². The van der Waals surface area contributed by atoms with Crippen LogP contribution in [0.3, 0.4) is 0 Å². The molecule has 0 unspecified atom stereocenters. The fourth-order valence-electron chi connectivity index (χ4n) is 3.07. The van der Waals surface area contributed by atoms with Crippen molar-refractivity contribution in [2.24, 2.45) is 0 Å². The molecule has 27 heavy (non-hydrogen) atoms. The molecule has 0 aliphatic heterocycles. The molecule has 0 fully saturated rings. The fourth-order valence-corrected chi connectivity index (χ4v) is 3.07. The van der Waals surface area contributed by atoms with Crippen molar-refractivity contribution in [1.82, 2.24) is 0 Å². The molecule has 0 bridgehead atoms. The molecule has 5 nitrogen and oxygen atoms in total. The molecule has 0 heterocycles. The highest BCUT2D eigenvalue weighted by atomic mass is 16.5. The number of aryl methyl sites for hydroxylation is 2. The first-order chi connectivity index (χ1) is 13.0. The Kier molecular flexibility index (Phi) is 7.53. The molecular weight excluding hydrogens is 338 g/mol. The average Bonchev–Trinajstić information content (AvgIpc) is 2.64. The zero-order valence-electron chi connectivity index (χ0n) is 17.1. The lowest BCUT2D eigenvalue weighted by molar-refractivity contribution is -0.116. The summed E-state index contributed by atoms with van der Waals surface area (Å²) < 4.78 is 5.31. The molecular formula is C22H31N3O2. The molecule has 0 aliphatic carbocycles. The van der Waals surface area contributed by atoms with Gasteiger partial charge in [0.05, 0.1) is 12.8 Å². The lowest BCUT2D eigenvalue weighted by atomic mass is 10.1. The second kappa shape index (κ2) is 9.86. The van der Waals surface area contributed by atoms with Crippen molar-refractivity contribution in [2.45, 2.75) is 34.1 Å². The van der Waals surface area contributed by atoms with E-state index in [9.17, 15) is 4.79 Å². The summed E-state index contributed by atoms with van der Waals surface area (Å²) in [7, 11) is 1.60. The van der Waals surface area contributed by atoms with Crippen LogP contribution in [0, 0.1) is 13.8 Å². The maximum atomic E-state index is 12.3. The zero-order chi connectivity index (χ0) is 19.8. The number of anilines is 3. The minimum Gasteiger partial charge on any atom is -0.495 e. The molecule has 146 valence electrons. The van der Waals surface area contributed by atoms with E-state index in [4.69, 9.17) is 4.74 Å². The Hall–Kier alpha value is -2.69. The SMILES string of the molecule is CCN(CC)c1ccc(NCCC(=O)Nc2cc(C)ccc2OC)c(C)c1. The summed E-state index contributed by atoms with van der Waals surface area (Å²) in [6.45, 7) is 11.0. The van der Waals surface area contributed by atoms with E-state index in [-0.39, 0.29) is 5.91 Å². The van der Waals surface area contributed by atoms with Gasteiger partial charge in [-0.1, -0.05) is 6.07 Å². The van der Waals surface area contributed by atoms with E-state index in [0.717, 1.165) is 24.3 Å². The highest BCUT2D eigenvalue weighted by molar-refractivity contribution is 5.92. The highest BCUT2D eigenvalue weighted by Crippen LogP contribution is 2.25. The molecule has 2 rings (SSSR count).